The van der Waals surface area contributed by atoms with E-state index in [0.717, 1.165) is 0 Å². The molecule has 0 aliphatic heterocycles. The SMILES string of the molecule is CC(C)(N)CNC(=O)c1nccnc1N.Cl.Cl. The largest absolute Gasteiger partial charge is 0.382 e. The fourth-order valence-electron chi connectivity index (χ4n) is 0.916. The van der Waals surface area contributed by atoms with Crippen molar-refractivity contribution in [2.75, 3.05) is 12.3 Å². The molecule has 0 fully saturated rings. The van der Waals surface area contributed by atoms with E-state index in [2.05, 4.69) is 15.3 Å². The number of nitrogen functional groups attached to an aromatic ring is 1. The smallest absolute Gasteiger partial charge is 0.273 e. The van der Waals surface area contributed by atoms with Gasteiger partial charge in [0.05, 0.1) is 0 Å². The highest BCUT2D eigenvalue weighted by Crippen LogP contribution is 2.02. The summed E-state index contributed by atoms with van der Waals surface area (Å²) in [4.78, 5) is 19.2. The lowest BCUT2D eigenvalue weighted by Crippen LogP contribution is -2.45. The molecule has 0 radical (unpaired) electrons. The van der Waals surface area contributed by atoms with Crippen molar-refractivity contribution >= 4 is 36.5 Å². The van der Waals surface area contributed by atoms with Crippen LogP contribution in [0.15, 0.2) is 12.4 Å². The lowest BCUT2D eigenvalue weighted by Gasteiger charge is -2.18. The molecule has 1 heterocycles. The lowest BCUT2D eigenvalue weighted by atomic mass is 10.1. The van der Waals surface area contributed by atoms with Crippen molar-refractivity contribution in [2.45, 2.75) is 19.4 Å². The van der Waals surface area contributed by atoms with Gasteiger partial charge in [-0.1, -0.05) is 0 Å². The number of hydrogen-bond donors (Lipinski definition) is 3. The lowest BCUT2D eigenvalue weighted by molar-refractivity contribution is 0.0941. The minimum absolute atomic E-state index is 0. The van der Waals surface area contributed by atoms with Gasteiger partial charge in [0.1, 0.15) is 0 Å². The number of hydrogen-bond acceptors (Lipinski definition) is 5. The highest BCUT2D eigenvalue weighted by Gasteiger charge is 2.16. The molecule has 5 N–H and O–H groups in total. The highest BCUT2D eigenvalue weighted by molar-refractivity contribution is 5.96. The van der Waals surface area contributed by atoms with Crippen LogP contribution in [0.3, 0.4) is 0 Å². The van der Waals surface area contributed by atoms with E-state index >= 15 is 0 Å². The van der Waals surface area contributed by atoms with E-state index in [9.17, 15) is 4.79 Å². The quantitative estimate of drug-likeness (QED) is 0.742. The molecule has 8 heteroatoms. The van der Waals surface area contributed by atoms with Crippen LogP contribution in [0.4, 0.5) is 5.82 Å². The molecular weight excluding hydrogens is 265 g/mol. The minimum atomic E-state index is -0.466. The summed E-state index contributed by atoms with van der Waals surface area (Å²) >= 11 is 0. The Morgan fingerprint density at radius 1 is 1.35 bits per heavy atom. The molecule has 0 aromatic carbocycles. The number of carbonyl (C=O) groups excluding carboxylic acids is 1. The van der Waals surface area contributed by atoms with Gasteiger partial charge in [-0.15, -0.1) is 24.8 Å². The van der Waals surface area contributed by atoms with Crippen LogP contribution in [-0.4, -0.2) is 28.0 Å². The van der Waals surface area contributed by atoms with Gasteiger partial charge in [-0.2, -0.15) is 0 Å². The number of anilines is 1. The van der Waals surface area contributed by atoms with E-state index in [0.29, 0.717) is 6.54 Å². The second kappa shape index (κ2) is 7.26. The molecule has 0 saturated heterocycles. The van der Waals surface area contributed by atoms with Crippen LogP contribution in [-0.2, 0) is 0 Å². The third-order valence-electron chi connectivity index (χ3n) is 1.65. The molecule has 0 spiro atoms. The molecule has 0 aliphatic carbocycles. The van der Waals surface area contributed by atoms with Gasteiger partial charge in [0, 0.05) is 24.5 Å². The Hall–Kier alpha value is -1.11. The van der Waals surface area contributed by atoms with Crippen molar-refractivity contribution in [1.82, 2.24) is 15.3 Å². The van der Waals surface area contributed by atoms with E-state index < -0.39 is 5.54 Å². The number of nitrogens with two attached hydrogens (primary N) is 2. The van der Waals surface area contributed by atoms with Crippen LogP contribution >= 0.6 is 24.8 Å². The van der Waals surface area contributed by atoms with Crippen molar-refractivity contribution < 1.29 is 4.79 Å². The number of rotatable bonds is 3. The first-order chi connectivity index (χ1) is 6.90. The Labute approximate surface area is 112 Å². The minimum Gasteiger partial charge on any atom is -0.382 e. The third-order valence-corrected chi connectivity index (χ3v) is 1.65. The standard InChI is InChI=1S/C9H15N5O.2ClH/c1-9(2,11)5-14-8(15)6-7(10)13-4-3-12-6;;/h3-4H,5,11H2,1-2H3,(H2,10,13)(H,14,15);2*1H. The predicted molar refractivity (Wildman–Crippen MR) is 71.5 cm³/mol. The van der Waals surface area contributed by atoms with Gasteiger partial charge in [0.25, 0.3) is 5.91 Å². The Bertz CT molecular complexity index is 367. The Kier molecular flexibility index (Phi) is 7.80. The Balaban J connectivity index is 0. The topological polar surface area (TPSA) is 107 Å². The fraction of sp³-hybridized carbons (Fsp3) is 0.444. The summed E-state index contributed by atoms with van der Waals surface area (Å²) < 4.78 is 0. The first kappa shape index (κ1) is 18.3. The van der Waals surface area contributed by atoms with E-state index in [1.807, 2.05) is 13.8 Å². The zero-order valence-corrected chi connectivity index (χ0v) is 11.3. The number of amides is 1. The van der Waals surface area contributed by atoms with Gasteiger partial charge in [-0.3, -0.25) is 4.79 Å². The first-order valence-electron chi connectivity index (χ1n) is 4.54. The summed E-state index contributed by atoms with van der Waals surface area (Å²) in [7, 11) is 0. The van der Waals surface area contributed by atoms with Gasteiger partial charge >= 0.3 is 0 Å². The van der Waals surface area contributed by atoms with Crippen LogP contribution in [0.1, 0.15) is 24.3 Å². The normalized spacial score (nSPS) is 9.82. The molecule has 1 aromatic heterocycles. The maximum Gasteiger partial charge on any atom is 0.273 e. The summed E-state index contributed by atoms with van der Waals surface area (Å²) in [6.45, 7) is 3.97. The first-order valence-corrected chi connectivity index (χ1v) is 4.54. The summed E-state index contributed by atoms with van der Waals surface area (Å²) in [6.07, 6.45) is 2.85. The molecule has 17 heavy (non-hydrogen) atoms. The third kappa shape index (κ3) is 6.25. The number of aromatic nitrogens is 2. The molecule has 0 aliphatic rings. The molecule has 1 aromatic rings. The van der Waals surface area contributed by atoms with E-state index in [-0.39, 0.29) is 42.2 Å². The second-order valence-corrected chi connectivity index (χ2v) is 3.96. The average Bonchev–Trinajstić information content (AvgIpc) is 2.14. The van der Waals surface area contributed by atoms with Crippen LogP contribution in [0.5, 0.6) is 0 Å². The van der Waals surface area contributed by atoms with E-state index in [1.54, 1.807) is 0 Å². The van der Waals surface area contributed by atoms with Crippen molar-refractivity contribution in [3.8, 4) is 0 Å². The van der Waals surface area contributed by atoms with Crippen LogP contribution in [0.2, 0.25) is 0 Å². The van der Waals surface area contributed by atoms with Crippen LogP contribution in [0.25, 0.3) is 0 Å². The molecule has 0 bridgehead atoms. The molecule has 0 atom stereocenters. The maximum absolute atomic E-state index is 11.6. The van der Waals surface area contributed by atoms with Crippen LogP contribution in [0, 0.1) is 0 Å². The molecule has 0 saturated carbocycles. The maximum atomic E-state index is 11.6. The van der Waals surface area contributed by atoms with Crippen molar-refractivity contribution in [3.63, 3.8) is 0 Å². The molecule has 1 rings (SSSR count). The zero-order chi connectivity index (χ0) is 11.5. The van der Waals surface area contributed by atoms with E-state index in [4.69, 9.17) is 11.5 Å². The van der Waals surface area contributed by atoms with Crippen molar-refractivity contribution in [2.24, 2.45) is 5.73 Å². The van der Waals surface area contributed by atoms with Gasteiger partial charge in [0.15, 0.2) is 11.5 Å². The van der Waals surface area contributed by atoms with E-state index in [1.165, 1.54) is 12.4 Å². The summed E-state index contributed by atoms with van der Waals surface area (Å²) in [5, 5.41) is 2.63. The van der Waals surface area contributed by atoms with Crippen molar-refractivity contribution in [3.05, 3.63) is 18.1 Å². The van der Waals surface area contributed by atoms with Gasteiger partial charge in [-0.25, -0.2) is 9.97 Å². The number of nitrogens with zero attached hydrogens (tertiary/aromatic N) is 2. The number of halogens is 2. The van der Waals surface area contributed by atoms with Gasteiger partial charge < -0.3 is 16.8 Å². The number of nitrogens with one attached hydrogen (secondary N) is 1. The molecular formula is C9H17Cl2N5O. The molecule has 1 amide bonds. The van der Waals surface area contributed by atoms with Crippen molar-refractivity contribution in [1.29, 1.82) is 0 Å². The van der Waals surface area contributed by atoms with Crippen LogP contribution < -0.4 is 16.8 Å². The Morgan fingerprint density at radius 3 is 2.35 bits per heavy atom. The summed E-state index contributed by atoms with van der Waals surface area (Å²) in [5.74, 6) is -0.246. The zero-order valence-electron chi connectivity index (χ0n) is 9.64. The second-order valence-electron chi connectivity index (χ2n) is 3.96. The van der Waals surface area contributed by atoms with Gasteiger partial charge in [-0.05, 0) is 13.8 Å². The molecule has 6 nitrogen and oxygen atoms in total. The molecule has 98 valence electrons. The molecule has 0 unspecified atom stereocenters. The summed E-state index contributed by atoms with van der Waals surface area (Å²) in [5.41, 5.74) is 10.9. The van der Waals surface area contributed by atoms with Gasteiger partial charge in [0.2, 0.25) is 0 Å². The predicted octanol–water partition coefficient (Wildman–Crippen LogP) is 0.369. The number of carbonyl (C=O) groups is 1. The monoisotopic (exact) mass is 281 g/mol. The Morgan fingerprint density at radius 2 is 1.88 bits per heavy atom. The summed E-state index contributed by atoms with van der Waals surface area (Å²) in [6, 6.07) is 0. The fourth-order valence-corrected chi connectivity index (χ4v) is 0.916. The average molecular weight is 282 g/mol. The highest BCUT2D eigenvalue weighted by atomic mass is 35.5.